The van der Waals surface area contributed by atoms with Gasteiger partial charge in [0.05, 0.1) is 21.7 Å². The Labute approximate surface area is 239 Å². The minimum Gasteiger partial charge on any atom is -0.345 e. The summed E-state index contributed by atoms with van der Waals surface area (Å²) in [7, 11) is 1.88. The first-order chi connectivity index (χ1) is 18.8. The number of amides is 2. The third kappa shape index (κ3) is 5.63. The minimum atomic E-state index is -0.936. The molecule has 1 fully saturated rings. The van der Waals surface area contributed by atoms with E-state index in [1.807, 2.05) is 54.1 Å². The Bertz CT molecular complexity index is 1600. The smallest absolute Gasteiger partial charge is 0.308 e. The van der Waals surface area contributed by atoms with Gasteiger partial charge in [0.1, 0.15) is 0 Å². The van der Waals surface area contributed by atoms with Crippen molar-refractivity contribution in [1.82, 2.24) is 14.9 Å². The number of hydrogen-bond donors (Lipinski definition) is 3. The molecule has 8 nitrogen and oxygen atoms in total. The number of benzene rings is 3. The Morgan fingerprint density at radius 2 is 1.85 bits per heavy atom. The van der Waals surface area contributed by atoms with Gasteiger partial charge in [-0.1, -0.05) is 33.6 Å². The van der Waals surface area contributed by atoms with Crippen molar-refractivity contribution in [3.05, 3.63) is 92.7 Å². The van der Waals surface area contributed by atoms with E-state index in [1.54, 1.807) is 18.2 Å². The maximum atomic E-state index is 12.8. The van der Waals surface area contributed by atoms with Crippen LogP contribution in [0.2, 0.25) is 5.02 Å². The highest BCUT2D eigenvalue weighted by Gasteiger charge is 2.47. The van der Waals surface area contributed by atoms with Crippen molar-refractivity contribution in [3.8, 4) is 0 Å². The summed E-state index contributed by atoms with van der Waals surface area (Å²) in [4.78, 5) is 33.9. The van der Waals surface area contributed by atoms with Crippen LogP contribution in [0.5, 0.6) is 0 Å². The molecule has 5 rings (SSSR count). The van der Waals surface area contributed by atoms with Crippen LogP contribution in [0.4, 0.5) is 17.3 Å². The zero-order valence-corrected chi connectivity index (χ0v) is 23.6. The van der Waals surface area contributed by atoms with E-state index in [1.165, 1.54) is 0 Å². The fourth-order valence-corrected chi connectivity index (χ4v) is 5.21. The van der Waals surface area contributed by atoms with Crippen molar-refractivity contribution in [2.45, 2.75) is 37.8 Å². The zero-order chi connectivity index (χ0) is 27.6. The molecule has 3 aromatic carbocycles. The fourth-order valence-electron chi connectivity index (χ4n) is 4.78. The molecule has 0 aliphatic heterocycles. The number of nitrogens with zero attached hydrogens (tertiary/aromatic N) is 3. The van der Waals surface area contributed by atoms with Gasteiger partial charge >= 0.3 is 11.4 Å². The molecule has 0 radical (unpaired) electrons. The molecule has 198 valence electrons. The molecule has 1 aliphatic rings. The molecule has 0 spiro atoms. The molecular formula is C29H26BrClN6O2. The number of nitrogens with one attached hydrogen (secondary N) is 3. The van der Waals surface area contributed by atoms with E-state index in [0.29, 0.717) is 52.8 Å². The van der Waals surface area contributed by atoms with Crippen molar-refractivity contribution in [1.29, 1.82) is 0 Å². The fraction of sp³-hybridized carbons (Fsp3) is 0.241. The van der Waals surface area contributed by atoms with E-state index < -0.39 is 5.54 Å². The minimum absolute atomic E-state index is 0.213. The van der Waals surface area contributed by atoms with Crippen LogP contribution in [-0.4, -0.2) is 26.9 Å². The van der Waals surface area contributed by atoms with Crippen LogP contribution in [0, 0.1) is 6.57 Å². The summed E-state index contributed by atoms with van der Waals surface area (Å²) in [5.74, 6) is 0.112. The van der Waals surface area contributed by atoms with E-state index in [4.69, 9.17) is 23.2 Å². The van der Waals surface area contributed by atoms with Crippen LogP contribution in [0.15, 0.2) is 65.1 Å². The molecule has 3 N–H and O–H groups in total. The van der Waals surface area contributed by atoms with E-state index in [9.17, 15) is 9.59 Å². The predicted molar refractivity (Wildman–Crippen MR) is 157 cm³/mol. The number of rotatable bonds is 7. The number of carbonyl (C=O) groups is 2. The molecule has 2 amide bonds. The number of halogens is 2. The molecule has 0 unspecified atom stereocenters. The number of aromatic nitrogens is 2. The third-order valence-electron chi connectivity index (χ3n) is 7.04. The predicted octanol–water partition coefficient (Wildman–Crippen LogP) is 6.83. The van der Waals surface area contributed by atoms with Gasteiger partial charge in [0.25, 0.3) is 5.91 Å². The molecule has 10 heteroatoms. The average Bonchev–Trinajstić information content (AvgIpc) is 3.55. The lowest BCUT2D eigenvalue weighted by atomic mass is 9.97. The summed E-state index contributed by atoms with van der Waals surface area (Å²) in [5.41, 5.74) is 3.24. The molecule has 1 saturated carbocycles. The molecule has 1 aromatic heterocycles. The summed E-state index contributed by atoms with van der Waals surface area (Å²) in [6.45, 7) is 7.81. The highest BCUT2D eigenvalue weighted by atomic mass is 79.9. The Morgan fingerprint density at radius 1 is 1.10 bits per heavy atom. The first kappa shape index (κ1) is 26.7. The summed E-state index contributed by atoms with van der Waals surface area (Å²) in [6.07, 6.45) is 3.02. The SMILES string of the molecule is [C-]#[N+]C1(C(=O)NCc2ccc(Cl)c(Nc3nc4cc(C(=O)Nc5ccc(Br)cc5)ccc4n3C)c2)CCCC1. The number of aryl methyl sites for hydroxylation is 1. The Hall–Kier alpha value is -3.87. The lowest BCUT2D eigenvalue weighted by molar-refractivity contribution is -0.124. The van der Waals surface area contributed by atoms with Crippen molar-refractivity contribution in [2.75, 3.05) is 10.6 Å². The van der Waals surface area contributed by atoms with Gasteiger partial charge in [0, 0.05) is 42.2 Å². The van der Waals surface area contributed by atoms with Gasteiger partial charge in [-0.3, -0.25) is 14.4 Å². The molecule has 1 aliphatic carbocycles. The quantitative estimate of drug-likeness (QED) is 0.201. The van der Waals surface area contributed by atoms with Gasteiger partial charge in [-0.25, -0.2) is 11.6 Å². The summed E-state index contributed by atoms with van der Waals surface area (Å²) in [5, 5.41) is 9.60. The maximum Gasteiger partial charge on any atom is 0.308 e. The van der Waals surface area contributed by atoms with Gasteiger partial charge in [-0.15, -0.1) is 0 Å². The van der Waals surface area contributed by atoms with E-state index in [2.05, 4.69) is 36.7 Å². The van der Waals surface area contributed by atoms with Crippen molar-refractivity contribution >= 4 is 67.7 Å². The van der Waals surface area contributed by atoms with Gasteiger partial charge in [-0.2, -0.15) is 0 Å². The summed E-state index contributed by atoms with van der Waals surface area (Å²) in [6, 6.07) is 18.2. The monoisotopic (exact) mass is 604 g/mol. The largest absolute Gasteiger partial charge is 0.345 e. The molecule has 0 saturated heterocycles. The second-order valence-corrected chi connectivity index (χ2v) is 11.0. The van der Waals surface area contributed by atoms with E-state index in [-0.39, 0.29) is 11.8 Å². The van der Waals surface area contributed by atoms with Gasteiger partial charge in [-0.05, 0) is 73.0 Å². The van der Waals surface area contributed by atoms with Crippen LogP contribution < -0.4 is 16.0 Å². The topological polar surface area (TPSA) is 92.4 Å². The van der Waals surface area contributed by atoms with Gasteiger partial charge < -0.3 is 20.5 Å². The average molecular weight is 606 g/mol. The molecular weight excluding hydrogens is 580 g/mol. The van der Waals surface area contributed by atoms with Crippen molar-refractivity contribution in [3.63, 3.8) is 0 Å². The lowest BCUT2D eigenvalue weighted by Gasteiger charge is -2.16. The van der Waals surface area contributed by atoms with Crippen LogP contribution >= 0.6 is 27.5 Å². The number of anilines is 3. The van der Waals surface area contributed by atoms with E-state index >= 15 is 0 Å². The summed E-state index contributed by atoms with van der Waals surface area (Å²) >= 11 is 9.87. The maximum absolute atomic E-state index is 12.8. The Morgan fingerprint density at radius 3 is 2.56 bits per heavy atom. The van der Waals surface area contributed by atoms with Crippen LogP contribution in [-0.2, 0) is 18.4 Å². The molecule has 1 heterocycles. The third-order valence-corrected chi connectivity index (χ3v) is 7.90. The van der Waals surface area contributed by atoms with Crippen molar-refractivity contribution in [2.24, 2.45) is 7.05 Å². The lowest BCUT2D eigenvalue weighted by Crippen LogP contribution is -2.41. The molecule has 39 heavy (non-hydrogen) atoms. The molecule has 0 bridgehead atoms. The Balaban J connectivity index is 1.31. The van der Waals surface area contributed by atoms with E-state index in [0.717, 1.165) is 28.4 Å². The van der Waals surface area contributed by atoms with Crippen LogP contribution in [0.3, 0.4) is 0 Å². The Kier molecular flexibility index (Phi) is 7.60. The summed E-state index contributed by atoms with van der Waals surface area (Å²) < 4.78 is 2.82. The molecule has 4 aromatic rings. The standard InChI is InChI=1S/C29H26BrClN6O2/c1-32-29(13-3-4-14-29)27(39)33-17-18-5-11-22(31)23(15-18)35-28-36-24-16-19(6-12-25(24)37(28)2)26(38)34-21-9-7-20(30)8-10-21/h5-12,15-16H,3-4,13-14,17H2,2H3,(H,33,39)(H,34,38)(H,35,36). The van der Waals surface area contributed by atoms with Crippen molar-refractivity contribution < 1.29 is 9.59 Å². The van der Waals surface area contributed by atoms with Crippen LogP contribution in [0.25, 0.3) is 15.9 Å². The number of carbonyl (C=O) groups excluding carboxylic acids is 2. The van der Waals surface area contributed by atoms with Crippen LogP contribution in [0.1, 0.15) is 41.6 Å². The normalized spacial score (nSPS) is 14.1. The highest BCUT2D eigenvalue weighted by Crippen LogP contribution is 2.34. The first-order valence-corrected chi connectivity index (χ1v) is 13.7. The molecule has 0 atom stereocenters. The van der Waals surface area contributed by atoms with Gasteiger partial charge in [0.15, 0.2) is 0 Å². The first-order valence-electron chi connectivity index (χ1n) is 12.5. The second-order valence-electron chi connectivity index (χ2n) is 9.63. The number of fused-ring (bicyclic) bond motifs is 1. The zero-order valence-electron chi connectivity index (χ0n) is 21.2. The number of hydrogen-bond acceptors (Lipinski definition) is 4. The van der Waals surface area contributed by atoms with Gasteiger partial charge in [0.2, 0.25) is 5.95 Å². The highest BCUT2D eigenvalue weighted by molar-refractivity contribution is 9.10. The number of imidazole rings is 1. The second kappa shape index (κ2) is 11.1.